The van der Waals surface area contributed by atoms with Crippen LogP contribution in [-0.2, 0) is 0 Å². The fraction of sp³-hybridized carbons (Fsp3) is 0.111. The number of halogens is 2. The van der Waals surface area contributed by atoms with Crippen LogP contribution in [0.1, 0.15) is 17.2 Å². The predicted octanol–water partition coefficient (Wildman–Crippen LogP) is 4.04. The summed E-state index contributed by atoms with van der Waals surface area (Å²) in [4.78, 5) is 4.45. The van der Waals surface area contributed by atoms with E-state index in [1.54, 1.807) is 30.3 Å². The highest BCUT2D eigenvalue weighted by Gasteiger charge is 2.13. The maximum Gasteiger partial charge on any atom is 0.142 e. The first-order chi connectivity index (χ1) is 11.6. The van der Waals surface area contributed by atoms with E-state index in [-0.39, 0.29) is 11.6 Å². The Morgan fingerprint density at radius 3 is 2.75 bits per heavy atom. The molecule has 3 rings (SSSR count). The monoisotopic (exact) mass is 341 g/mol. The van der Waals surface area contributed by atoms with Gasteiger partial charge in [-0.2, -0.15) is 5.26 Å². The van der Waals surface area contributed by atoms with Gasteiger partial charge >= 0.3 is 0 Å². The van der Waals surface area contributed by atoms with Crippen molar-refractivity contribution in [1.82, 2.24) is 4.98 Å². The second kappa shape index (κ2) is 6.83. The van der Waals surface area contributed by atoms with E-state index in [0.29, 0.717) is 16.9 Å². The molecule has 0 spiro atoms. The number of pyridine rings is 1. The van der Waals surface area contributed by atoms with Gasteiger partial charge in [-0.3, -0.25) is 0 Å². The minimum absolute atomic E-state index is 0.0348. The lowest BCUT2D eigenvalue weighted by Crippen LogP contribution is -2.15. The number of aromatic nitrogens is 1. The molecule has 6 heteroatoms. The average molecular weight is 342 g/mol. The molecular formula is C18H13ClFN3O. The molecular weight excluding hydrogens is 329 g/mol. The highest BCUT2D eigenvalue weighted by atomic mass is 35.5. The van der Waals surface area contributed by atoms with E-state index in [1.807, 2.05) is 6.07 Å². The fourth-order valence-electron chi connectivity index (χ4n) is 2.42. The Balaban J connectivity index is 1.89. The van der Waals surface area contributed by atoms with E-state index >= 15 is 0 Å². The number of aliphatic hydroxyl groups excluding tert-OH is 1. The number of nitrogens with one attached hydrogen (secondary N) is 1. The first kappa shape index (κ1) is 16.2. The van der Waals surface area contributed by atoms with Gasteiger partial charge in [-0.05, 0) is 48.0 Å². The van der Waals surface area contributed by atoms with Gasteiger partial charge in [-0.1, -0.05) is 17.7 Å². The predicted molar refractivity (Wildman–Crippen MR) is 91.3 cm³/mol. The quantitative estimate of drug-likeness (QED) is 0.751. The van der Waals surface area contributed by atoms with Crippen LogP contribution < -0.4 is 5.32 Å². The Morgan fingerprint density at radius 1 is 1.21 bits per heavy atom. The topological polar surface area (TPSA) is 68.9 Å². The van der Waals surface area contributed by atoms with E-state index < -0.39 is 11.9 Å². The van der Waals surface area contributed by atoms with Crippen LogP contribution in [0, 0.1) is 17.1 Å². The molecule has 1 atom stereocenters. The molecule has 0 aliphatic heterocycles. The Bertz CT molecular complexity index is 939. The van der Waals surface area contributed by atoms with Crippen molar-refractivity contribution in [2.75, 3.05) is 11.9 Å². The van der Waals surface area contributed by atoms with E-state index in [0.717, 1.165) is 10.9 Å². The van der Waals surface area contributed by atoms with E-state index in [4.69, 9.17) is 16.9 Å². The Labute approximate surface area is 143 Å². The number of anilines is 1. The van der Waals surface area contributed by atoms with Gasteiger partial charge in [0, 0.05) is 5.39 Å². The summed E-state index contributed by atoms with van der Waals surface area (Å²) in [5.74, 6) is 0.00605. The summed E-state index contributed by atoms with van der Waals surface area (Å²) in [6, 6.07) is 14.8. The lowest BCUT2D eigenvalue weighted by Gasteiger charge is -2.18. The molecule has 0 fully saturated rings. The first-order valence-corrected chi connectivity index (χ1v) is 7.62. The van der Waals surface area contributed by atoms with Crippen molar-refractivity contribution in [3.8, 4) is 6.07 Å². The third kappa shape index (κ3) is 3.30. The number of nitrogens with zero attached hydrogens (tertiary/aromatic N) is 2. The second-order valence-electron chi connectivity index (χ2n) is 5.27. The Hall–Kier alpha value is -2.68. The summed E-state index contributed by atoms with van der Waals surface area (Å²) in [5, 5.41) is 22.5. The molecule has 0 amide bonds. The lowest BCUT2D eigenvalue weighted by atomic mass is 10.1. The van der Waals surface area contributed by atoms with Crippen LogP contribution in [-0.4, -0.2) is 16.7 Å². The summed E-state index contributed by atoms with van der Waals surface area (Å²) in [5.41, 5.74) is 1.86. The van der Waals surface area contributed by atoms with Crippen molar-refractivity contribution < 1.29 is 9.50 Å². The van der Waals surface area contributed by atoms with Crippen molar-refractivity contribution in [1.29, 1.82) is 5.26 Å². The van der Waals surface area contributed by atoms with Crippen LogP contribution in [0.3, 0.4) is 0 Å². The number of rotatable bonds is 4. The lowest BCUT2D eigenvalue weighted by molar-refractivity contribution is 0.276. The zero-order valence-electron chi connectivity index (χ0n) is 12.5. The first-order valence-electron chi connectivity index (χ1n) is 7.24. The maximum absolute atomic E-state index is 13.6. The highest BCUT2D eigenvalue weighted by Crippen LogP contribution is 2.24. The van der Waals surface area contributed by atoms with Crippen LogP contribution in [0.15, 0.2) is 48.5 Å². The number of nitriles is 1. The molecule has 0 bridgehead atoms. The summed E-state index contributed by atoms with van der Waals surface area (Å²) in [6.07, 6.45) is 0. The fourth-order valence-corrected chi connectivity index (χ4v) is 2.54. The van der Waals surface area contributed by atoms with Gasteiger partial charge in [0.2, 0.25) is 0 Å². The van der Waals surface area contributed by atoms with Gasteiger partial charge in [0.15, 0.2) is 0 Å². The Morgan fingerprint density at radius 2 is 2.04 bits per heavy atom. The number of aliphatic hydroxyl groups is 1. The zero-order chi connectivity index (χ0) is 17.1. The van der Waals surface area contributed by atoms with E-state index in [1.165, 1.54) is 12.1 Å². The third-order valence-corrected chi connectivity index (χ3v) is 3.98. The van der Waals surface area contributed by atoms with Crippen molar-refractivity contribution in [2.24, 2.45) is 0 Å². The van der Waals surface area contributed by atoms with Crippen molar-refractivity contribution >= 4 is 28.3 Å². The standard InChI is InChI=1S/C18H13ClFN3O/c19-14-4-2-13(8-15(14)20)17(10-24)23-18-6-3-12-7-11(9-21)1-5-16(12)22-18/h1-8,17,24H,10H2,(H,22,23). The number of benzene rings is 2. The third-order valence-electron chi connectivity index (χ3n) is 3.67. The van der Waals surface area contributed by atoms with Crippen LogP contribution in [0.4, 0.5) is 10.2 Å². The molecule has 24 heavy (non-hydrogen) atoms. The molecule has 120 valence electrons. The minimum atomic E-state index is -0.537. The summed E-state index contributed by atoms with van der Waals surface area (Å²) >= 11 is 5.69. The second-order valence-corrected chi connectivity index (χ2v) is 5.68. The maximum atomic E-state index is 13.6. The molecule has 0 aliphatic rings. The largest absolute Gasteiger partial charge is 0.394 e. The number of fused-ring (bicyclic) bond motifs is 1. The van der Waals surface area contributed by atoms with E-state index in [2.05, 4.69) is 16.4 Å². The molecule has 2 aromatic carbocycles. The van der Waals surface area contributed by atoms with Crippen molar-refractivity contribution in [2.45, 2.75) is 6.04 Å². The van der Waals surface area contributed by atoms with Crippen LogP contribution in [0.25, 0.3) is 10.9 Å². The summed E-state index contributed by atoms with van der Waals surface area (Å²) in [7, 11) is 0. The van der Waals surface area contributed by atoms with Crippen LogP contribution >= 0.6 is 11.6 Å². The molecule has 0 aliphatic carbocycles. The number of hydrogen-bond donors (Lipinski definition) is 2. The van der Waals surface area contributed by atoms with Gasteiger partial charge in [-0.25, -0.2) is 9.37 Å². The van der Waals surface area contributed by atoms with Gasteiger partial charge in [0.25, 0.3) is 0 Å². The average Bonchev–Trinajstić information content (AvgIpc) is 2.61. The number of hydrogen-bond acceptors (Lipinski definition) is 4. The van der Waals surface area contributed by atoms with Crippen LogP contribution in [0.2, 0.25) is 5.02 Å². The van der Waals surface area contributed by atoms with Crippen molar-refractivity contribution in [3.05, 3.63) is 70.5 Å². The van der Waals surface area contributed by atoms with Gasteiger partial charge in [0.1, 0.15) is 11.6 Å². The molecule has 2 N–H and O–H groups in total. The molecule has 0 saturated heterocycles. The SMILES string of the molecule is N#Cc1ccc2nc(NC(CO)c3ccc(Cl)c(F)c3)ccc2c1. The van der Waals surface area contributed by atoms with Gasteiger partial charge < -0.3 is 10.4 Å². The molecule has 0 saturated carbocycles. The van der Waals surface area contributed by atoms with Gasteiger partial charge in [-0.15, -0.1) is 0 Å². The van der Waals surface area contributed by atoms with E-state index in [9.17, 15) is 9.50 Å². The van der Waals surface area contributed by atoms with Crippen LogP contribution in [0.5, 0.6) is 0 Å². The Kier molecular flexibility index (Phi) is 4.61. The normalized spacial score (nSPS) is 11.9. The van der Waals surface area contributed by atoms with Crippen molar-refractivity contribution in [3.63, 3.8) is 0 Å². The van der Waals surface area contributed by atoms with Gasteiger partial charge in [0.05, 0.1) is 34.8 Å². The molecule has 1 heterocycles. The summed E-state index contributed by atoms with van der Waals surface area (Å²) < 4.78 is 13.6. The summed E-state index contributed by atoms with van der Waals surface area (Å²) in [6.45, 7) is -0.228. The zero-order valence-corrected chi connectivity index (χ0v) is 13.3. The molecule has 0 radical (unpaired) electrons. The smallest absolute Gasteiger partial charge is 0.142 e. The molecule has 3 aromatic rings. The highest BCUT2D eigenvalue weighted by molar-refractivity contribution is 6.30. The molecule has 4 nitrogen and oxygen atoms in total. The molecule has 1 aromatic heterocycles. The molecule has 1 unspecified atom stereocenters. The minimum Gasteiger partial charge on any atom is -0.394 e.